The summed E-state index contributed by atoms with van der Waals surface area (Å²) < 4.78 is 5.06. The topological polar surface area (TPSA) is 22.1 Å². The lowest BCUT2D eigenvalue weighted by Crippen LogP contribution is -1.92. The Labute approximate surface area is 109 Å². The molecule has 0 N–H and O–H groups in total. The largest absolute Gasteiger partial charge is 0.481 e. The molecule has 0 saturated heterocycles. The molecular weight excluding hydrogens is 222 g/mol. The summed E-state index contributed by atoms with van der Waals surface area (Å²) in [4.78, 5) is 4.15. The lowest BCUT2D eigenvalue weighted by Gasteiger charge is -2.09. The fourth-order valence-corrected chi connectivity index (χ4v) is 1.98. The maximum absolute atomic E-state index is 5.06. The minimum Gasteiger partial charge on any atom is -0.481 e. The zero-order chi connectivity index (χ0) is 12.8. The lowest BCUT2D eigenvalue weighted by atomic mass is 9.97. The van der Waals surface area contributed by atoms with Gasteiger partial charge in [0.1, 0.15) is 6.20 Å². The van der Waals surface area contributed by atoms with Crippen molar-refractivity contribution in [3.8, 4) is 17.0 Å². The Hall–Kier alpha value is -1.83. The van der Waals surface area contributed by atoms with E-state index in [0.29, 0.717) is 5.88 Å². The minimum atomic E-state index is 0.602. The minimum absolute atomic E-state index is 0.602. The highest BCUT2D eigenvalue weighted by Crippen LogP contribution is 2.25. The van der Waals surface area contributed by atoms with Gasteiger partial charge in [-0.15, -0.1) is 0 Å². The molecule has 2 heteroatoms. The molecule has 0 fully saturated rings. The number of hydrogen-bond donors (Lipinski definition) is 0. The molecule has 0 saturated carbocycles. The second kappa shape index (κ2) is 6.20. The Morgan fingerprint density at radius 1 is 1.17 bits per heavy atom. The van der Waals surface area contributed by atoms with Gasteiger partial charge < -0.3 is 4.74 Å². The summed E-state index contributed by atoms with van der Waals surface area (Å²) in [6.45, 7) is 2.21. The van der Waals surface area contributed by atoms with Crippen LogP contribution in [0.25, 0.3) is 11.1 Å². The average Bonchev–Trinajstić information content (AvgIpc) is 2.45. The Balaban J connectivity index is 2.30. The second-order valence-electron chi connectivity index (χ2n) is 4.27. The third kappa shape index (κ3) is 2.89. The molecule has 1 aromatic carbocycles. The summed E-state index contributed by atoms with van der Waals surface area (Å²) in [7, 11) is 1.62. The van der Waals surface area contributed by atoms with Crippen LogP contribution in [0.5, 0.6) is 5.88 Å². The van der Waals surface area contributed by atoms with E-state index in [-0.39, 0.29) is 0 Å². The van der Waals surface area contributed by atoms with Crippen LogP contribution in [0, 0.1) is 6.20 Å². The van der Waals surface area contributed by atoms with Gasteiger partial charge in [0.25, 0.3) is 0 Å². The first kappa shape index (κ1) is 12.6. The van der Waals surface area contributed by atoms with Crippen molar-refractivity contribution in [3.05, 3.63) is 48.2 Å². The standard InChI is InChI=1S/C16H18NO/c1-3-4-7-13-8-5-6-9-15(13)14-10-11-16(18-2)17-12-14/h5-6,8-11H,3-4,7H2,1-2H3. The number of nitrogens with zero attached hydrogens (tertiary/aromatic N) is 1. The summed E-state index contributed by atoms with van der Waals surface area (Å²) in [5.41, 5.74) is 3.62. The smallest absolute Gasteiger partial charge is 0.213 e. The van der Waals surface area contributed by atoms with E-state index in [2.05, 4.69) is 42.4 Å². The molecule has 0 amide bonds. The number of benzene rings is 1. The number of ether oxygens (including phenoxy) is 1. The van der Waals surface area contributed by atoms with Crippen molar-refractivity contribution >= 4 is 0 Å². The van der Waals surface area contributed by atoms with Crippen LogP contribution in [0.1, 0.15) is 25.3 Å². The summed E-state index contributed by atoms with van der Waals surface area (Å²) in [6, 6.07) is 12.3. The zero-order valence-corrected chi connectivity index (χ0v) is 10.9. The number of pyridine rings is 1. The van der Waals surface area contributed by atoms with Crippen LogP contribution in [0.15, 0.2) is 36.4 Å². The number of aryl methyl sites for hydroxylation is 1. The Morgan fingerprint density at radius 2 is 2.00 bits per heavy atom. The Kier molecular flexibility index (Phi) is 4.35. The van der Waals surface area contributed by atoms with Crippen molar-refractivity contribution in [1.82, 2.24) is 4.98 Å². The summed E-state index contributed by atoms with van der Waals surface area (Å²) in [6.07, 6.45) is 6.57. The van der Waals surface area contributed by atoms with Crippen LogP contribution >= 0.6 is 0 Å². The van der Waals surface area contributed by atoms with Crippen molar-refractivity contribution in [2.75, 3.05) is 7.11 Å². The first-order valence-electron chi connectivity index (χ1n) is 6.36. The first-order valence-corrected chi connectivity index (χ1v) is 6.36. The molecule has 0 spiro atoms. The van der Waals surface area contributed by atoms with Crippen LogP contribution in [-0.2, 0) is 6.42 Å². The van der Waals surface area contributed by atoms with E-state index in [4.69, 9.17) is 4.74 Å². The molecule has 0 aliphatic rings. The molecule has 1 aromatic heterocycles. The highest BCUT2D eigenvalue weighted by Gasteiger charge is 2.05. The maximum atomic E-state index is 5.06. The number of unbranched alkanes of at least 4 members (excludes halogenated alkanes) is 1. The molecule has 1 heterocycles. The van der Waals surface area contributed by atoms with Crippen LogP contribution in [0.2, 0.25) is 0 Å². The average molecular weight is 240 g/mol. The van der Waals surface area contributed by atoms with E-state index < -0.39 is 0 Å². The van der Waals surface area contributed by atoms with Crippen molar-refractivity contribution < 1.29 is 4.74 Å². The third-order valence-corrected chi connectivity index (χ3v) is 3.00. The fraction of sp³-hybridized carbons (Fsp3) is 0.312. The van der Waals surface area contributed by atoms with Crippen LogP contribution < -0.4 is 4.74 Å². The van der Waals surface area contributed by atoms with Crippen molar-refractivity contribution in [3.63, 3.8) is 0 Å². The highest BCUT2D eigenvalue weighted by atomic mass is 16.5. The molecule has 1 radical (unpaired) electrons. The van der Waals surface area contributed by atoms with Crippen molar-refractivity contribution in [2.45, 2.75) is 26.2 Å². The van der Waals surface area contributed by atoms with Gasteiger partial charge in [-0.25, -0.2) is 4.98 Å². The zero-order valence-electron chi connectivity index (χ0n) is 10.9. The van der Waals surface area contributed by atoms with E-state index in [0.717, 1.165) is 12.0 Å². The molecular formula is C16H18NO. The molecule has 2 nitrogen and oxygen atoms in total. The second-order valence-corrected chi connectivity index (χ2v) is 4.27. The normalized spacial score (nSPS) is 10.3. The van der Waals surface area contributed by atoms with E-state index >= 15 is 0 Å². The Bertz CT molecular complexity index is 491. The monoisotopic (exact) mass is 240 g/mol. The summed E-state index contributed by atoms with van der Waals surface area (Å²) in [5.74, 6) is 0.602. The number of aromatic nitrogens is 1. The van der Waals surface area contributed by atoms with Crippen LogP contribution in [0.3, 0.4) is 0 Å². The van der Waals surface area contributed by atoms with Crippen molar-refractivity contribution in [1.29, 1.82) is 0 Å². The molecule has 2 rings (SSSR count). The van der Waals surface area contributed by atoms with E-state index in [1.165, 1.54) is 24.0 Å². The van der Waals surface area contributed by atoms with Gasteiger partial charge in [0.2, 0.25) is 5.88 Å². The van der Waals surface area contributed by atoms with Gasteiger partial charge in [0.05, 0.1) is 7.11 Å². The SMILES string of the molecule is CCCCc1ccccc1-c1[c]nc(OC)cc1. The first-order chi connectivity index (χ1) is 8.85. The summed E-state index contributed by atoms with van der Waals surface area (Å²) >= 11 is 0. The molecule has 0 aliphatic carbocycles. The van der Waals surface area contributed by atoms with Gasteiger partial charge in [-0.05, 0) is 30.0 Å². The van der Waals surface area contributed by atoms with E-state index in [1.807, 2.05) is 12.1 Å². The molecule has 0 unspecified atom stereocenters. The highest BCUT2D eigenvalue weighted by molar-refractivity contribution is 5.66. The van der Waals surface area contributed by atoms with Gasteiger partial charge >= 0.3 is 0 Å². The Morgan fingerprint density at radius 3 is 2.67 bits per heavy atom. The van der Waals surface area contributed by atoms with Gasteiger partial charge in [-0.2, -0.15) is 0 Å². The molecule has 0 bridgehead atoms. The number of methoxy groups -OCH3 is 1. The maximum Gasteiger partial charge on any atom is 0.213 e. The van der Waals surface area contributed by atoms with Gasteiger partial charge in [-0.3, -0.25) is 0 Å². The predicted molar refractivity (Wildman–Crippen MR) is 73.7 cm³/mol. The van der Waals surface area contributed by atoms with Gasteiger partial charge in [0, 0.05) is 11.6 Å². The number of rotatable bonds is 5. The molecule has 93 valence electrons. The quantitative estimate of drug-likeness (QED) is 0.790. The lowest BCUT2D eigenvalue weighted by molar-refractivity contribution is 0.397. The van der Waals surface area contributed by atoms with Crippen molar-refractivity contribution in [2.24, 2.45) is 0 Å². The fourth-order valence-electron chi connectivity index (χ4n) is 1.98. The van der Waals surface area contributed by atoms with E-state index in [9.17, 15) is 0 Å². The molecule has 2 aromatic rings. The van der Waals surface area contributed by atoms with Gasteiger partial charge in [0.15, 0.2) is 0 Å². The van der Waals surface area contributed by atoms with Crippen LogP contribution in [-0.4, -0.2) is 12.1 Å². The molecule has 18 heavy (non-hydrogen) atoms. The van der Waals surface area contributed by atoms with Crippen LogP contribution in [0.4, 0.5) is 0 Å². The third-order valence-electron chi connectivity index (χ3n) is 3.00. The molecule has 0 aliphatic heterocycles. The number of hydrogen-bond acceptors (Lipinski definition) is 2. The van der Waals surface area contributed by atoms with Gasteiger partial charge in [-0.1, -0.05) is 37.6 Å². The summed E-state index contributed by atoms with van der Waals surface area (Å²) in [5, 5.41) is 0. The molecule has 0 atom stereocenters. The van der Waals surface area contributed by atoms with E-state index in [1.54, 1.807) is 7.11 Å². The predicted octanol–water partition coefficient (Wildman–Crippen LogP) is 3.90.